The lowest BCUT2D eigenvalue weighted by molar-refractivity contribution is 0.1000. The highest BCUT2D eigenvalue weighted by Gasteiger charge is 2.16. The summed E-state index contributed by atoms with van der Waals surface area (Å²) in [5.41, 5.74) is 13.5. The molecule has 0 aliphatic carbocycles. The molecule has 0 bridgehead atoms. The summed E-state index contributed by atoms with van der Waals surface area (Å²) in [5, 5.41) is 3.15. The molecular weight excluding hydrogens is 216 g/mol. The van der Waals surface area contributed by atoms with Crippen LogP contribution in [-0.4, -0.2) is 23.0 Å². The summed E-state index contributed by atoms with van der Waals surface area (Å²) in [4.78, 5) is 15.6. The molecule has 0 saturated heterocycles. The third-order valence-electron chi connectivity index (χ3n) is 2.31. The molecule has 0 spiro atoms. The topological polar surface area (TPSA) is 94.0 Å². The Balaban J connectivity index is 3.09. The van der Waals surface area contributed by atoms with Crippen LogP contribution in [0.25, 0.3) is 0 Å². The van der Waals surface area contributed by atoms with Gasteiger partial charge in [-0.05, 0) is 33.8 Å². The van der Waals surface area contributed by atoms with Gasteiger partial charge in [-0.25, -0.2) is 0 Å². The molecular formula is C12H20N4O. The van der Waals surface area contributed by atoms with Crippen LogP contribution in [0.15, 0.2) is 6.07 Å². The molecule has 5 N–H and O–H groups in total. The van der Waals surface area contributed by atoms with Gasteiger partial charge in [0, 0.05) is 17.8 Å². The van der Waals surface area contributed by atoms with Gasteiger partial charge in [0.05, 0.1) is 16.9 Å². The molecule has 0 aliphatic heterocycles. The Kier molecular flexibility index (Phi) is 3.72. The minimum Gasteiger partial charge on any atom is -0.382 e. The van der Waals surface area contributed by atoms with Gasteiger partial charge in [0.15, 0.2) is 0 Å². The van der Waals surface area contributed by atoms with E-state index in [-0.39, 0.29) is 5.54 Å². The first-order valence-electron chi connectivity index (χ1n) is 5.51. The van der Waals surface area contributed by atoms with Crippen molar-refractivity contribution in [3.8, 4) is 0 Å². The maximum atomic E-state index is 11.4. The number of aromatic nitrogens is 1. The lowest BCUT2D eigenvalue weighted by atomic mass is 10.1. The third-order valence-corrected chi connectivity index (χ3v) is 2.31. The zero-order chi connectivity index (χ0) is 13.2. The van der Waals surface area contributed by atoms with E-state index in [0.29, 0.717) is 23.5 Å². The van der Waals surface area contributed by atoms with Gasteiger partial charge in [-0.1, -0.05) is 0 Å². The summed E-state index contributed by atoms with van der Waals surface area (Å²) >= 11 is 0. The molecule has 94 valence electrons. The van der Waals surface area contributed by atoms with Crippen molar-refractivity contribution in [1.82, 2.24) is 4.98 Å². The number of pyridine rings is 1. The molecule has 1 aromatic rings. The first-order chi connectivity index (χ1) is 7.70. The van der Waals surface area contributed by atoms with E-state index in [2.05, 4.69) is 10.3 Å². The second-order valence-electron chi connectivity index (χ2n) is 4.98. The third kappa shape index (κ3) is 3.71. The summed E-state index contributed by atoms with van der Waals surface area (Å²) in [6.07, 6.45) is 0. The van der Waals surface area contributed by atoms with Crippen LogP contribution >= 0.6 is 0 Å². The van der Waals surface area contributed by atoms with E-state index in [1.54, 1.807) is 13.0 Å². The standard InChI is InChI=1S/C12H20N4O/c1-7-5-9(15-6-12(3,4)14)10(11(13)17)8(2)16-7/h5H,6,14H2,1-4H3,(H2,13,17)(H,15,16). The van der Waals surface area contributed by atoms with E-state index in [1.807, 2.05) is 20.8 Å². The van der Waals surface area contributed by atoms with Crippen molar-refractivity contribution in [1.29, 1.82) is 0 Å². The Morgan fingerprint density at radius 2 is 2.06 bits per heavy atom. The molecule has 0 aromatic carbocycles. The summed E-state index contributed by atoms with van der Waals surface area (Å²) in [5.74, 6) is -0.479. The number of nitrogens with zero attached hydrogens (tertiary/aromatic N) is 1. The molecule has 1 aromatic heterocycles. The van der Waals surface area contributed by atoms with Gasteiger partial charge < -0.3 is 16.8 Å². The van der Waals surface area contributed by atoms with Crippen LogP contribution in [0.3, 0.4) is 0 Å². The molecule has 0 atom stereocenters. The Morgan fingerprint density at radius 1 is 1.47 bits per heavy atom. The highest BCUT2D eigenvalue weighted by atomic mass is 16.1. The highest BCUT2D eigenvalue weighted by molar-refractivity contribution is 5.99. The number of nitrogens with two attached hydrogens (primary N) is 2. The number of aryl methyl sites for hydroxylation is 2. The minimum atomic E-state index is -0.479. The average molecular weight is 236 g/mol. The van der Waals surface area contributed by atoms with Crippen LogP contribution in [0.2, 0.25) is 0 Å². The molecule has 0 aliphatic rings. The fraction of sp³-hybridized carbons (Fsp3) is 0.500. The highest BCUT2D eigenvalue weighted by Crippen LogP contribution is 2.19. The van der Waals surface area contributed by atoms with Gasteiger partial charge >= 0.3 is 0 Å². The Bertz CT molecular complexity index is 435. The number of amides is 1. The lowest BCUT2D eigenvalue weighted by Gasteiger charge is -2.21. The predicted molar refractivity (Wildman–Crippen MR) is 69.0 cm³/mol. The van der Waals surface area contributed by atoms with Crippen LogP contribution in [0.1, 0.15) is 35.6 Å². The van der Waals surface area contributed by atoms with Gasteiger partial charge in [0.2, 0.25) is 0 Å². The van der Waals surface area contributed by atoms with Gasteiger partial charge in [-0.3, -0.25) is 9.78 Å². The molecule has 1 rings (SSSR count). The zero-order valence-electron chi connectivity index (χ0n) is 10.8. The van der Waals surface area contributed by atoms with E-state index in [9.17, 15) is 4.79 Å². The maximum Gasteiger partial charge on any atom is 0.252 e. The molecule has 5 nitrogen and oxygen atoms in total. The van der Waals surface area contributed by atoms with Crippen molar-refractivity contribution in [2.45, 2.75) is 33.2 Å². The van der Waals surface area contributed by atoms with Crippen LogP contribution < -0.4 is 16.8 Å². The van der Waals surface area contributed by atoms with Crippen molar-refractivity contribution in [2.75, 3.05) is 11.9 Å². The Hall–Kier alpha value is -1.62. The molecule has 17 heavy (non-hydrogen) atoms. The smallest absolute Gasteiger partial charge is 0.252 e. The van der Waals surface area contributed by atoms with Crippen LogP contribution in [0, 0.1) is 13.8 Å². The molecule has 0 saturated carbocycles. The molecule has 0 radical (unpaired) electrons. The number of carbonyl (C=O) groups is 1. The first-order valence-corrected chi connectivity index (χ1v) is 5.51. The molecule has 0 unspecified atom stereocenters. The molecule has 0 fully saturated rings. The van der Waals surface area contributed by atoms with Crippen molar-refractivity contribution in [3.63, 3.8) is 0 Å². The number of nitrogens with one attached hydrogen (secondary N) is 1. The van der Waals surface area contributed by atoms with Gasteiger partial charge in [-0.2, -0.15) is 0 Å². The van der Waals surface area contributed by atoms with Gasteiger partial charge in [-0.15, -0.1) is 0 Å². The normalized spacial score (nSPS) is 11.4. The first kappa shape index (κ1) is 13.4. The van der Waals surface area contributed by atoms with E-state index >= 15 is 0 Å². The van der Waals surface area contributed by atoms with Crippen LogP contribution in [-0.2, 0) is 0 Å². The molecule has 1 heterocycles. The Morgan fingerprint density at radius 3 is 2.53 bits per heavy atom. The van der Waals surface area contributed by atoms with Gasteiger partial charge in [0.25, 0.3) is 5.91 Å². The number of anilines is 1. The van der Waals surface area contributed by atoms with Crippen molar-refractivity contribution >= 4 is 11.6 Å². The Labute approximate surface area is 102 Å². The molecule has 5 heteroatoms. The predicted octanol–water partition coefficient (Wildman–Crippen LogP) is 0.947. The van der Waals surface area contributed by atoms with E-state index in [0.717, 1.165) is 5.69 Å². The summed E-state index contributed by atoms with van der Waals surface area (Å²) in [6, 6.07) is 1.80. The minimum absolute atomic E-state index is 0.361. The zero-order valence-corrected chi connectivity index (χ0v) is 10.8. The number of rotatable bonds is 4. The second kappa shape index (κ2) is 4.71. The van der Waals surface area contributed by atoms with Crippen molar-refractivity contribution in [3.05, 3.63) is 23.0 Å². The van der Waals surface area contributed by atoms with Crippen LogP contribution in [0.4, 0.5) is 5.69 Å². The summed E-state index contributed by atoms with van der Waals surface area (Å²) in [6.45, 7) is 8.01. The maximum absolute atomic E-state index is 11.4. The fourth-order valence-corrected chi connectivity index (χ4v) is 1.60. The van der Waals surface area contributed by atoms with Crippen molar-refractivity contribution < 1.29 is 4.79 Å². The SMILES string of the molecule is Cc1cc(NCC(C)(C)N)c(C(N)=O)c(C)n1. The van der Waals surface area contributed by atoms with Crippen molar-refractivity contribution in [2.24, 2.45) is 11.5 Å². The van der Waals surface area contributed by atoms with E-state index < -0.39 is 5.91 Å². The summed E-state index contributed by atoms with van der Waals surface area (Å²) < 4.78 is 0. The number of carbonyl (C=O) groups excluding carboxylic acids is 1. The van der Waals surface area contributed by atoms with E-state index in [1.165, 1.54) is 0 Å². The second-order valence-corrected chi connectivity index (χ2v) is 4.98. The number of primary amides is 1. The lowest BCUT2D eigenvalue weighted by Crippen LogP contribution is -2.40. The largest absolute Gasteiger partial charge is 0.382 e. The van der Waals surface area contributed by atoms with E-state index in [4.69, 9.17) is 11.5 Å². The average Bonchev–Trinajstić information content (AvgIpc) is 2.11. The fourth-order valence-electron chi connectivity index (χ4n) is 1.60. The van der Waals surface area contributed by atoms with Gasteiger partial charge in [0.1, 0.15) is 0 Å². The van der Waals surface area contributed by atoms with Crippen LogP contribution in [0.5, 0.6) is 0 Å². The molecule has 1 amide bonds. The number of hydrogen-bond acceptors (Lipinski definition) is 4. The monoisotopic (exact) mass is 236 g/mol. The summed E-state index contributed by atoms with van der Waals surface area (Å²) in [7, 11) is 0. The number of hydrogen-bond donors (Lipinski definition) is 3. The quantitative estimate of drug-likeness (QED) is 0.725.